The van der Waals surface area contributed by atoms with Crippen molar-refractivity contribution in [3.8, 4) is 73.2 Å². The second-order valence-corrected chi connectivity index (χ2v) is 19.8. The summed E-state index contributed by atoms with van der Waals surface area (Å²) in [6.45, 7) is 0. The topological polar surface area (TPSA) is 43.6 Å². The van der Waals surface area contributed by atoms with Gasteiger partial charge in [0.05, 0.1) is 16.4 Å². The quantitative estimate of drug-likeness (QED) is 0.162. The first-order chi connectivity index (χ1) is 36.7. The number of aromatic nitrogens is 4. The second kappa shape index (κ2) is 15.6. The lowest BCUT2D eigenvalue weighted by Crippen LogP contribution is -2.25. The lowest BCUT2D eigenvalue weighted by molar-refractivity contribution is 0.794. The molecule has 1 spiro atoms. The van der Waals surface area contributed by atoms with Crippen LogP contribution in [0.1, 0.15) is 22.3 Å². The van der Waals surface area contributed by atoms with Gasteiger partial charge in [0.2, 0.25) is 0 Å². The Bertz CT molecular complexity index is 4530. The molecule has 0 atom stereocenters. The van der Waals surface area contributed by atoms with Gasteiger partial charge in [-0.1, -0.05) is 212 Å². The summed E-state index contributed by atoms with van der Waals surface area (Å²) < 4.78 is 2.40. The van der Waals surface area contributed by atoms with Gasteiger partial charge in [-0.05, 0) is 130 Å². The Morgan fingerprint density at radius 2 is 0.662 bits per heavy atom. The fourth-order valence-corrected chi connectivity index (χ4v) is 12.9. The van der Waals surface area contributed by atoms with Crippen LogP contribution in [0.15, 0.2) is 255 Å². The Morgan fingerprint density at radius 1 is 0.243 bits per heavy atom. The van der Waals surface area contributed by atoms with E-state index in [0.717, 1.165) is 44.5 Å². The van der Waals surface area contributed by atoms with Crippen LogP contribution in [0.3, 0.4) is 0 Å². The summed E-state index contributed by atoms with van der Waals surface area (Å²) in [5.41, 5.74) is 17.9. The minimum atomic E-state index is -0.504. The van der Waals surface area contributed by atoms with E-state index in [0.29, 0.717) is 17.5 Å². The van der Waals surface area contributed by atoms with E-state index >= 15 is 0 Å². The SMILES string of the molecule is c1ccc(-c2nc(-c3cc(-c4ccc5c6ccccc6c6ccccc6c5c4)cc(-n4c5ccccc5c5ccccc54)c3)nc(-c3ccc4c(c3)C3(c5ccccc5-c5ccccc53)c3ccccc3-4)n2)cc1. The molecule has 0 N–H and O–H groups in total. The summed E-state index contributed by atoms with van der Waals surface area (Å²) >= 11 is 0. The van der Waals surface area contributed by atoms with Gasteiger partial charge in [-0.15, -0.1) is 0 Å². The molecule has 2 aromatic heterocycles. The molecule has 2 heterocycles. The molecule has 0 unspecified atom stereocenters. The highest BCUT2D eigenvalue weighted by Gasteiger charge is 2.51. The summed E-state index contributed by atoms with van der Waals surface area (Å²) in [6.07, 6.45) is 0. The van der Waals surface area contributed by atoms with Crippen LogP contribution in [0.4, 0.5) is 0 Å². The predicted octanol–water partition coefficient (Wildman–Crippen LogP) is 17.4. The van der Waals surface area contributed by atoms with Gasteiger partial charge >= 0.3 is 0 Å². The van der Waals surface area contributed by atoms with E-state index in [4.69, 9.17) is 15.0 Å². The van der Waals surface area contributed by atoms with Crippen molar-refractivity contribution in [1.29, 1.82) is 0 Å². The monoisotopic (exact) mass is 938 g/mol. The number of nitrogens with zero attached hydrogens (tertiary/aromatic N) is 4. The largest absolute Gasteiger partial charge is 0.309 e. The Balaban J connectivity index is 0.952. The number of hydrogen-bond donors (Lipinski definition) is 0. The highest BCUT2D eigenvalue weighted by atomic mass is 15.0. The van der Waals surface area contributed by atoms with E-state index in [9.17, 15) is 0 Å². The summed E-state index contributed by atoms with van der Waals surface area (Å²) in [6, 6.07) is 92.9. The molecule has 0 saturated heterocycles. The third-order valence-corrected chi connectivity index (χ3v) is 16.0. The smallest absolute Gasteiger partial charge is 0.164 e. The maximum Gasteiger partial charge on any atom is 0.164 e. The first-order valence-electron chi connectivity index (χ1n) is 25.4. The molecular weight excluding hydrogens is 897 g/mol. The standard InChI is InChI=1S/C70H42N4/c1-2-18-43(19-3-1)67-71-68(45-35-37-57-56-26-10-15-31-63(56)70(64(57)42-45)61-29-13-8-24-54(61)55-25-9-14-30-62(55)70)73-69(72-67)47-38-46(39-48(40-47)74-65-32-16-11-27-58(65)59-28-12-17-33-66(59)74)44-34-36-53-51-22-5-4-20-49(51)50-21-6-7-23-52(50)60(53)41-44/h1-42H. The molecule has 2 aliphatic carbocycles. The summed E-state index contributed by atoms with van der Waals surface area (Å²) in [7, 11) is 0. The zero-order valence-electron chi connectivity index (χ0n) is 40.0. The molecule has 0 fully saturated rings. The van der Waals surface area contributed by atoms with Crippen molar-refractivity contribution >= 4 is 54.1 Å². The van der Waals surface area contributed by atoms with E-state index in [1.54, 1.807) is 0 Å². The second-order valence-electron chi connectivity index (χ2n) is 19.8. The molecule has 16 rings (SSSR count). The van der Waals surface area contributed by atoms with Gasteiger partial charge in [0.25, 0.3) is 0 Å². The summed E-state index contributed by atoms with van der Waals surface area (Å²) in [4.78, 5) is 16.3. The number of hydrogen-bond acceptors (Lipinski definition) is 3. The van der Waals surface area contributed by atoms with Crippen LogP contribution in [0.2, 0.25) is 0 Å². The van der Waals surface area contributed by atoms with Gasteiger partial charge in [0, 0.05) is 33.2 Å². The van der Waals surface area contributed by atoms with Crippen LogP contribution in [-0.2, 0) is 5.41 Å². The van der Waals surface area contributed by atoms with E-state index in [-0.39, 0.29) is 0 Å². The molecule has 4 heteroatoms. The maximum absolute atomic E-state index is 5.55. The Kier molecular flexibility index (Phi) is 8.63. The van der Waals surface area contributed by atoms with Gasteiger partial charge in [-0.3, -0.25) is 0 Å². The number of rotatable bonds is 5. The molecule has 0 saturated carbocycles. The average Bonchev–Trinajstić information content (AvgIpc) is 4.11. The molecule has 0 amide bonds. The van der Waals surface area contributed by atoms with Gasteiger partial charge < -0.3 is 4.57 Å². The van der Waals surface area contributed by atoms with Crippen LogP contribution < -0.4 is 0 Å². The van der Waals surface area contributed by atoms with E-state index < -0.39 is 5.41 Å². The molecule has 4 nitrogen and oxygen atoms in total. The lowest BCUT2D eigenvalue weighted by Gasteiger charge is -2.30. The van der Waals surface area contributed by atoms with Crippen molar-refractivity contribution in [2.75, 3.05) is 0 Å². The van der Waals surface area contributed by atoms with Crippen LogP contribution in [0.5, 0.6) is 0 Å². The first kappa shape index (κ1) is 40.9. The van der Waals surface area contributed by atoms with Gasteiger partial charge in [-0.2, -0.15) is 0 Å². The minimum Gasteiger partial charge on any atom is -0.309 e. The van der Waals surface area contributed by atoms with Crippen molar-refractivity contribution in [1.82, 2.24) is 19.5 Å². The Labute approximate surface area is 427 Å². The van der Waals surface area contributed by atoms with Crippen molar-refractivity contribution in [2.24, 2.45) is 0 Å². The first-order valence-corrected chi connectivity index (χ1v) is 25.4. The number of para-hydroxylation sites is 2. The highest BCUT2D eigenvalue weighted by molar-refractivity contribution is 6.25. The number of fused-ring (bicyclic) bond motifs is 19. The van der Waals surface area contributed by atoms with Crippen molar-refractivity contribution in [3.05, 3.63) is 277 Å². The van der Waals surface area contributed by atoms with Crippen LogP contribution in [-0.4, -0.2) is 19.5 Å². The van der Waals surface area contributed by atoms with E-state index in [1.807, 2.05) is 6.07 Å². The van der Waals surface area contributed by atoms with Gasteiger partial charge in [0.15, 0.2) is 17.5 Å². The molecule has 12 aromatic carbocycles. The third kappa shape index (κ3) is 5.76. The lowest BCUT2D eigenvalue weighted by atomic mass is 9.70. The minimum absolute atomic E-state index is 0.504. The summed E-state index contributed by atoms with van der Waals surface area (Å²) in [5, 5.41) is 9.87. The average molecular weight is 939 g/mol. The normalized spacial score (nSPS) is 13.0. The molecule has 0 radical (unpaired) electrons. The molecule has 0 aliphatic heterocycles. The van der Waals surface area contributed by atoms with Crippen molar-refractivity contribution in [3.63, 3.8) is 0 Å². The molecule has 74 heavy (non-hydrogen) atoms. The van der Waals surface area contributed by atoms with Gasteiger partial charge in [-0.25, -0.2) is 15.0 Å². The summed E-state index contributed by atoms with van der Waals surface area (Å²) in [5.74, 6) is 1.84. The third-order valence-electron chi connectivity index (χ3n) is 16.0. The fourth-order valence-electron chi connectivity index (χ4n) is 12.9. The molecule has 342 valence electrons. The predicted molar refractivity (Wildman–Crippen MR) is 305 cm³/mol. The Morgan fingerprint density at radius 3 is 1.24 bits per heavy atom. The van der Waals surface area contributed by atoms with Crippen LogP contribution in [0, 0.1) is 0 Å². The number of benzene rings is 12. The highest BCUT2D eigenvalue weighted by Crippen LogP contribution is 2.63. The molecule has 14 aromatic rings. The zero-order valence-corrected chi connectivity index (χ0v) is 40.0. The molecular formula is C70H42N4. The van der Waals surface area contributed by atoms with Crippen LogP contribution >= 0.6 is 0 Å². The van der Waals surface area contributed by atoms with Gasteiger partial charge in [0.1, 0.15) is 0 Å². The van der Waals surface area contributed by atoms with Crippen molar-refractivity contribution in [2.45, 2.75) is 5.41 Å². The van der Waals surface area contributed by atoms with Crippen LogP contribution in [0.25, 0.3) is 127 Å². The van der Waals surface area contributed by atoms with E-state index in [1.165, 1.54) is 87.6 Å². The maximum atomic E-state index is 5.55. The van der Waals surface area contributed by atoms with E-state index in [2.05, 4.69) is 253 Å². The Hall–Kier alpha value is -9.77. The molecule has 2 aliphatic rings. The fraction of sp³-hybridized carbons (Fsp3) is 0.0143. The zero-order chi connectivity index (χ0) is 48.5. The van der Waals surface area contributed by atoms with Crippen molar-refractivity contribution < 1.29 is 0 Å². The molecule has 0 bridgehead atoms.